The highest BCUT2D eigenvalue weighted by Crippen LogP contribution is 2.27. The van der Waals surface area contributed by atoms with Gasteiger partial charge in [-0.25, -0.2) is 0 Å². The number of benzene rings is 1. The Hall–Kier alpha value is -0.0900. The van der Waals surface area contributed by atoms with Gasteiger partial charge in [0.25, 0.3) is 0 Å². The van der Waals surface area contributed by atoms with Crippen molar-refractivity contribution in [2.75, 3.05) is 6.61 Å². The van der Waals surface area contributed by atoms with Gasteiger partial charge in [0.1, 0.15) is 0 Å². The van der Waals surface area contributed by atoms with Crippen LogP contribution in [0.4, 0.5) is 0 Å². The van der Waals surface area contributed by atoms with Crippen LogP contribution in [0.2, 0.25) is 5.02 Å². The summed E-state index contributed by atoms with van der Waals surface area (Å²) >= 11 is 9.38. The van der Waals surface area contributed by atoms with Gasteiger partial charge in [-0.15, -0.1) is 0 Å². The highest BCUT2D eigenvalue weighted by atomic mass is 79.9. The molecule has 0 heterocycles. The zero-order valence-electron chi connectivity index (χ0n) is 9.63. The SMILES string of the molecule is OCC(NC1CCCC1)c1ccc(Cl)c(Br)c1. The van der Waals surface area contributed by atoms with Crippen molar-refractivity contribution in [3.8, 4) is 0 Å². The Bertz CT molecular complexity index is 380. The summed E-state index contributed by atoms with van der Waals surface area (Å²) < 4.78 is 0.878. The van der Waals surface area contributed by atoms with Gasteiger partial charge < -0.3 is 10.4 Å². The van der Waals surface area contributed by atoms with Crippen molar-refractivity contribution in [3.05, 3.63) is 33.3 Å². The molecular weight excluding hydrogens is 302 g/mol. The van der Waals surface area contributed by atoms with E-state index in [0.29, 0.717) is 11.1 Å². The molecule has 1 aromatic carbocycles. The Kier molecular flexibility index (Phi) is 4.86. The molecule has 4 heteroatoms. The fourth-order valence-corrected chi connectivity index (χ4v) is 2.87. The molecule has 0 spiro atoms. The summed E-state index contributed by atoms with van der Waals surface area (Å²) in [4.78, 5) is 0. The van der Waals surface area contributed by atoms with Gasteiger partial charge in [-0.2, -0.15) is 0 Å². The van der Waals surface area contributed by atoms with Crippen molar-refractivity contribution in [1.29, 1.82) is 0 Å². The van der Waals surface area contributed by atoms with E-state index in [0.717, 1.165) is 10.0 Å². The molecule has 2 rings (SSSR count). The molecule has 1 aromatic rings. The van der Waals surface area contributed by atoms with Gasteiger partial charge in [-0.1, -0.05) is 30.5 Å². The number of hydrogen-bond donors (Lipinski definition) is 2. The van der Waals surface area contributed by atoms with Crippen LogP contribution in [0.15, 0.2) is 22.7 Å². The third kappa shape index (κ3) is 3.44. The van der Waals surface area contributed by atoms with Crippen LogP contribution in [-0.4, -0.2) is 17.8 Å². The fraction of sp³-hybridized carbons (Fsp3) is 0.538. The Morgan fingerprint density at radius 1 is 1.41 bits per heavy atom. The second-order valence-corrected chi connectivity index (χ2v) is 5.82. The minimum atomic E-state index is 0.00617. The molecule has 2 N–H and O–H groups in total. The number of aliphatic hydroxyl groups is 1. The molecule has 0 amide bonds. The summed E-state index contributed by atoms with van der Waals surface area (Å²) in [7, 11) is 0. The summed E-state index contributed by atoms with van der Waals surface area (Å²) in [5.74, 6) is 0. The first-order chi connectivity index (χ1) is 8.20. The zero-order valence-corrected chi connectivity index (χ0v) is 12.0. The molecule has 0 aliphatic heterocycles. The molecule has 94 valence electrons. The largest absolute Gasteiger partial charge is 0.394 e. The van der Waals surface area contributed by atoms with Gasteiger partial charge in [0.2, 0.25) is 0 Å². The number of rotatable bonds is 4. The molecule has 1 atom stereocenters. The molecule has 1 fully saturated rings. The maximum atomic E-state index is 9.49. The van der Waals surface area contributed by atoms with E-state index in [1.165, 1.54) is 25.7 Å². The first-order valence-corrected chi connectivity index (χ1v) is 7.19. The maximum absolute atomic E-state index is 9.49. The summed E-state index contributed by atoms with van der Waals surface area (Å²) in [6.07, 6.45) is 5.01. The van der Waals surface area contributed by atoms with Crippen molar-refractivity contribution in [3.63, 3.8) is 0 Å². The van der Waals surface area contributed by atoms with Gasteiger partial charge in [0.15, 0.2) is 0 Å². The molecule has 0 bridgehead atoms. The first-order valence-electron chi connectivity index (χ1n) is 6.02. The van der Waals surface area contributed by atoms with Crippen LogP contribution in [0.5, 0.6) is 0 Å². The molecular formula is C13H17BrClNO. The van der Waals surface area contributed by atoms with Crippen LogP contribution in [0, 0.1) is 0 Å². The van der Waals surface area contributed by atoms with E-state index in [1.54, 1.807) is 0 Å². The lowest BCUT2D eigenvalue weighted by molar-refractivity contribution is 0.233. The van der Waals surface area contributed by atoms with Crippen LogP contribution in [0.3, 0.4) is 0 Å². The van der Waals surface area contributed by atoms with Crippen molar-refractivity contribution >= 4 is 27.5 Å². The lowest BCUT2D eigenvalue weighted by Crippen LogP contribution is -2.32. The quantitative estimate of drug-likeness (QED) is 0.888. The lowest BCUT2D eigenvalue weighted by atomic mass is 10.1. The molecule has 0 radical (unpaired) electrons. The van der Waals surface area contributed by atoms with E-state index in [4.69, 9.17) is 11.6 Å². The van der Waals surface area contributed by atoms with Gasteiger partial charge in [-0.3, -0.25) is 0 Å². The molecule has 0 aromatic heterocycles. The normalized spacial score (nSPS) is 18.5. The molecule has 0 saturated heterocycles. The average Bonchev–Trinajstić information content (AvgIpc) is 2.82. The smallest absolute Gasteiger partial charge is 0.0626 e. The van der Waals surface area contributed by atoms with E-state index in [9.17, 15) is 5.11 Å². The molecule has 2 nitrogen and oxygen atoms in total. The van der Waals surface area contributed by atoms with E-state index < -0.39 is 0 Å². The number of nitrogens with one attached hydrogen (secondary N) is 1. The fourth-order valence-electron chi connectivity index (χ4n) is 2.36. The summed E-state index contributed by atoms with van der Waals surface area (Å²) in [6.45, 7) is 0.116. The van der Waals surface area contributed by atoms with Gasteiger partial charge in [-0.05, 0) is 46.5 Å². The topological polar surface area (TPSA) is 32.3 Å². The average molecular weight is 319 g/mol. The van der Waals surface area contributed by atoms with Crippen LogP contribution in [-0.2, 0) is 0 Å². The van der Waals surface area contributed by atoms with Crippen LogP contribution >= 0.6 is 27.5 Å². The molecule has 1 aliphatic carbocycles. The van der Waals surface area contributed by atoms with Gasteiger partial charge in [0, 0.05) is 10.5 Å². The third-order valence-corrected chi connectivity index (χ3v) is 4.53. The van der Waals surface area contributed by atoms with Crippen molar-refractivity contribution in [1.82, 2.24) is 5.32 Å². The van der Waals surface area contributed by atoms with Crippen LogP contribution in [0.25, 0.3) is 0 Å². The molecule has 1 aliphatic rings. The minimum absolute atomic E-state index is 0.00617. The monoisotopic (exact) mass is 317 g/mol. The Labute approximate surface area is 115 Å². The Morgan fingerprint density at radius 2 is 2.12 bits per heavy atom. The van der Waals surface area contributed by atoms with E-state index in [1.807, 2.05) is 18.2 Å². The molecule has 17 heavy (non-hydrogen) atoms. The first kappa shape index (κ1) is 13.3. The minimum Gasteiger partial charge on any atom is -0.394 e. The highest BCUT2D eigenvalue weighted by Gasteiger charge is 2.20. The summed E-state index contributed by atoms with van der Waals surface area (Å²) in [6, 6.07) is 6.36. The molecule has 1 unspecified atom stereocenters. The lowest BCUT2D eigenvalue weighted by Gasteiger charge is -2.21. The highest BCUT2D eigenvalue weighted by molar-refractivity contribution is 9.10. The van der Waals surface area contributed by atoms with Gasteiger partial charge >= 0.3 is 0 Å². The van der Waals surface area contributed by atoms with Crippen molar-refractivity contribution < 1.29 is 5.11 Å². The predicted molar refractivity (Wildman–Crippen MR) is 74.4 cm³/mol. The van der Waals surface area contributed by atoms with Crippen LogP contribution in [0.1, 0.15) is 37.3 Å². The number of halogens is 2. The van der Waals surface area contributed by atoms with E-state index in [-0.39, 0.29) is 12.6 Å². The zero-order chi connectivity index (χ0) is 12.3. The second kappa shape index (κ2) is 6.19. The summed E-state index contributed by atoms with van der Waals surface area (Å²) in [5.41, 5.74) is 1.08. The summed E-state index contributed by atoms with van der Waals surface area (Å²) in [5, 5.41) is 13.7. The second-order valence-electron chi connectivity index (χ2n) is 4.56. The maximum Gasteiger partial charge on any atom is 0.0626 e. The van der Waals surface area contributed by atoms with E-state index >= 15 is 0 Å². The number of hydrogen-bond acceptors (Lipinski definition) is 2. The van der Waals surface area contributed by atoms with Crippen molar-refractivity contribution in [2.45, 2.75) is 37.8 Å². The predicted octanol–water partition coefficient (Wildman–Crippen LogP) is 3.67. The van der Waals surface area contributed by atoms with E-state index in [2.05, 4.69) is 21.2 Å². The van der Waals surface area contributed by atoms with Crippen LogP contribution < -0.4 is 5.32 Å². The Morgan fingerprint density at radius 3 is 2.71 bits per heavy atom. The Balaban J connectivity index is 2.08. The van der Waals surface area contributed by atoms with Crippen molar-refractivity contribution in [2.24, 2.45) is 0 Å². The third-order valence-electron chi connectivity index (χ3n) is 3.32. The standard InChI is InChI=1S/C13H17BrClNO/c14-11-7-9(5-6-12(11)15)13(8-17)16-10-3-1-2-4-10/h5-7,10,13,16-17H,1-4,8H2. The molecule has 1 saturated carbocycles. The number of aliphatic hydroxyl groups excluding tert-OH is 1. The van der Waals surface area contributed by atoms with Gasteiger partial charge in [0.05, 0.1) is 17.7 Å².